The van der Waals surface area contributed by atoms with Crippen molar-refractivity contribution in [3.63, 3.8) is 0 Å². The van der Waals surface area contributed by atoms with Crippen LogP contribution in [0, 0.1) is 37.5 Å². The Labute approximate surface area is 183 Å². The van der Waals surface area contributed by atoms with Gasteiger partial charge in [-0.25, -0.2) is 0 Å². The van der Waals surface area contributed by atoms with E-state index in [0.717, 1.165) is 25.9 Å². The van der Waals surface area contributed by atoms with Gasteiger partial charge < -0.3 is 9.80 Å². The third-order valence-corrected chi connectivity index (χ3v) is 7.74. The molecule has 0 radical (unpaired) electrons. The van der Waals surface area contributed by atoms with Crippen molar-refractivity contribution in [2.24, 2.45) is 23.7 Å². The van der Waals surface area contributed by atoms with Crippen LogP contribution in [0.25, 0.3) is 0 Å². The Balaban J connectivity index is 1.16. The average Bonchev–Trinajstić information content (AvgIpc) is 3.06. The van der Waals surface area contributed by atoms with Gasteiger partial charge in [0.15, 0.2) is 0 Å². The summed E-state index contributed by atoms with van der Waals surface area (Å²) in [4.78, 5) is 44.3. The summed E-state index contributed by atoms with van der Waals surface area (Å²) in [6.07, 6.45) is 6.48. The number of allylic oxidation sites excluding steroid dienone is 2. The van der Waals surface area contributed by atoms with Gasteiger partial charge in [-0.3, -0.25) is 19.3 Å². The minimum Gasteiger partial charge on any atom is -0.368 e. The number of amides is 3. The van der Waals surface area contributed by atoms with Crippen molar-refractivity contribution < 1.29 is 14.4 Å². The Bertz CT molecular complexity index is 915. The van der Waals surface area contributed by atoms with Crippen LogP contribution in [0.15, 0.2) is 30.4 Å². The largest absolute Gasteiger partial charge is 0.368 e. The monoisotopic (exact) mass is 421 g/mol. The fourth-order valence-electron chi connectivity index (χ4n) is 5.98. The van der Waals surface area contributed by atoms with Crippen LogP contribution in [0.5, 0.6) is 0 Å². The Morgan fingerprint density at radius 2 is 1.55 bits per heavy atom. The number of carbonyl (C=O) groups is 3. The number of anilines is 1. The molecule has 3 fully saturated rings. The van der Waals surface area contributed by atoms with E-state index in [-0.39, 0.29) is 54.4 Å². The number of fused-ring (bicyclic) bond motifs is 1. The van der Waals surface area contributed by atoms with Gasteiger partial charge in [0.25, 0.3) is 0 Å². The van der Waals surface area contributed by atoms with Crippen LogP contribution < -0.4 is 4.90 Å². The van der Waals surface area contributed by atoms with Crippen LogP contribution in [-0.4, -0.2) is 60.2 Å². The van der Waals surface area contributed by atoms with Crippen molar-refractivity contribution in [3.05, 3.63) is 41.5 Å². The van der Waals surface area contributed by atoms with Crippen LogP contribution >= 0.6 is 0 Å². The number of imide groups is 1. The van der Waals surface area contributed by atoms with Crippen LogP contribution in [0.1, 0.15) is 30.4 Å². The van der Waals surface area contributed by atoms with E-state index in [2.05, 4.69) is 49.1 Å². The lowest BCUT2D eigenvalue weighted by atomic mass is 9.63. The zero-order valence-corrected chi connectivity index (χ0v) is 18.4. The highest BCUT2D eigenvalue weighted by molar-refractivity contribution is 6.06. The number of carbonyl (C=O) groups excluding carboxylic acids is 3. The number of likely N-dealkylation sites (tertiary alicyclic amines) is 1. The molecule has 6 rings (SSSR count). The van der Waals surface area contributed by atoms with E-state index in [1.54, 1.807) is 0 Å². The molecule has 164 valence electrons. The first kappa shape index (κ1) is 20.3. The fourth-order valence-corrected chi connectivity index (χ4v) is 5.98. The van der Waals surface area contributed by atoms with Gasteiger partial charge in [0.1, 0.15) is 0 Å². The quantitative estimate of drug-likeness (QED) is 0.554. The summed E-state index contributed by atoms with van der Waals surface area (Å²) < 4.78 is 0. The van der Waals surface area contributed by atoms with Gasteiger partial charge in [-0.2, -0.15) is 0 Å². The molecule has 2 aliphatic heterocycles. The smallest absolute Gasteiger partial charge is 0.233 e. The molecule has 2 bridgehead atoms. The number of aryl methyl sites for hydroxylation is 2. The maximum Gasteiger partial charge on any atom is 0.233 e. The summed E-state index contributed by atoms with van der Waals surface area (Å²) in [6.45, 7) is 7.39. The van der Waals surface area contributed by atoms with Crippen molar-refractivity contribution in [1.29, 1.82) is 0 Å². The molecule has 2 saturated heterocycles. The van der Waals surface area contributed by atoms with E-state index in [1.165, 1.54) is 21.7 Å². The highest BCUT2D eigenvalue weighted by atomic mass is 16.2. The predicted molar refractivity (Wildman–Crippen MR) is 118 cm³/mol. The summed E-state index contributed by atoms with van der Waals surface area (Å²) in [5, 5.41) is 0. The molecule has 1 aromatic carbocycles. The summed E-state index contributed by atoms with van der Waals surface area (Å²) >= 11 is 0. The minimum atomic E-state index is -0.188. The van der Waals surface area contributed by atoms with Crippen LogP contribution in [0.2, 0.25) is 0 Å². The molecule has 6 nitrogen and oxygen atoms in total. The molecular weight excluding hydrogens is 390 g/mol. The maximum atomic E-state index is 12.9. The van der Waals surface area contributed by atoms with Crippen molar-refractivity contribution in [3.8, 4) is 0 Å². The van der Waals surface area contributed by atoms with Gasteiger partial charge in [0, 0.05) is 44.8 Å². The Morgan fingerprint density at radius 3 is 2.13 bits per heavy atom. The molecule has 1 aromatic rings. The van der Waals surface area contributed by atoms with E-state index in [0.29, 0.717) is 13.1 Å². The minimum absolute atomic E-state index is 0.0391. The lowest BCUT2D eigenvalue weighted by Gasteiger charge is -2.38. The van der Waals surface area contributed by atoms with E-state index < -0.39 is 0 Å². The first-order chi connectivity index (χ1) is 14.9. The standard InChI is InChI=1S/C25H31N3O3/c1-16-3-4-17(2)20(15-16)26-11-13-27(14-12-26)21(29)9-10-28-24(30)22-18-5-6-19(8-7-18)23(22)25(28)31/h3-6,15,18-19,22-23H,7-14H2,1-2H3/t18-,19-,22-,23+/m0/s1. The molecule has 1 saturated carbocycles. The number of benzene rings is 1. The molecule has 0 aromatic heterocycles. The molecular formula is C25H31N3O3. The molecule has 2 heterocycles. The summed E-state index contributed by atoms with van der Waals surface area (Å²) in [7, 11) is 0. The molecule has 31 heavy (non-hydrogen) atoms. The van der Waals surface area contributed by atoms with Crippen molar-refractivity contribution in [1.82, 2.24) is 9.80 Å². The second-order valence-corrected chi connectivity index (χ2v) is 9.58. The molecule has 3 amide bonds. The van der Waals surface area contributed by atoms with E-state index in [1.807, 2.05) is 4.90 Å². The Morgan fingerprint density at radius 1 is 0.935 bits per heavy atom. The number of nitrogens with zero attached hydrogens (tertiary/aromatic N) is 3. The summed E-state index contributed by atoms with van der Waals surface area (Å²) in [6, 6.07) is 6.47. The maximum absolute atomic E-state index is 12.9. The SMILES string of the molecule is Cc1ccc(C)c(N2CCN(C(=O)CCN3C(=O)[C@@H]4[C@H](C3=O)[C@H]3C=C[C@H]4CC3)CC2)c1. The zero-order valence-electron chi connectivity index (χ0n) is 18.4. The number of rotatable bonds is 4. The van der Waals surface area contributed by atoms with Gasteiger partial charge in [-0.05, 0) is 55.7 Å². The first-order valence-electron chi connectivity index (χ1n) is 11.6. The lowest BCUT2D eigenvalue weighted by molar-refractivity contribution is -0.141. The summed E-state index contributed by atoms with van der Waals surface area (Å²) in [5.41, 5.74) is 3.73. The van der Waals surface area contributed by atoms with Crippen LogP contribution in [0.3, 0.4) is 0 Å². The molecule has 5 aliphatic rings. The number of piperazine rings is 1. The van der Waals surface area contributed by atoms with Gasteiger partial charge >= 0.3 is 0 Å². The second-order valence-electron chi connectivity index (χ2n) is 9.58. The normalized spacial score (nSPS) is 29.7. The number of hydrogen-bond acceptors (Lipinski definition) is 4. The van der Waals surface area contributed by atoms with Gasteiger partial charge in [-0.15, -0.1) is 0 Å². The molecule has 0 unspecified atom stereocenters. The first-order valence-corrected chi connectivity index (χ1v) is 11.6. The Kier molecular flexibility index (Phi) is 5.11. The molecule has 3 aliphatic carbocycles. The van der Waals surface area contributed by atoms with E-state index in [4.69, 9.17) is 0 Å². The van der Waals surface area contributed by atoms with Crippen LogP contribution in [-0.2, 0) is 14.4 Å². The molecule has 6 heteroatoms. The fraction of sp³-hybridized carbons (Fsp3) is 0.560. The second kappa shape index (κ2) is 7.81. The number of hydrogen-bond donors (Lipinski definition) is 0. The average molecular weight is 422 g/mol. The molecule has 4 atom stereocenters. The highest BCUT2D eigenvalue weighted by Crippen LogP contribution is 2.49. The van der Waals surface area contributed by atoms with Crippen molar-refractivity contribution in [2.75, 3.05) is 37.6 Å². The summed E-state index contributed by atoms with van der Waals surface area (Å²) in [5.74, 6) is -0.0454. The zero-order chi connectivity index (χ0) is 21.7. The molecule has 0 spiro atoms. The van der Waals surface area contributed by atoms with Gasteiger partial charge in [-0.1, -0.05) is 24.3 Å². The topological polar surface area (TPSA) is 60.9 Å². The third-order valence-electron chi connectivity index (χ3n) is 7.74. The van der Waals surface area contributed by atoms with E-state index in [9.17, 15) is 14.4 Å². The van der Waals surface area contributed by atoms with Gasteiger partial charge in [0.2, 0.25) is 17.7 Å². The lowest BCUT2D eigenvalue weighted by Crippen LogP contribution is -2.49. The van der Waals surface area contributed by atoms with Crippen LogP contribution in [0.4, 0.5) is 5.69 Å². The highest BCUT2D eigenvalue weighted by Gasteiger charge is 2.56. The van der Waals surface area contributed by atoms with Crippen molar-refractivity contribution in [2.45, 2.75) is 33.1 Å². The molecule has 0 N–H and O–H groups in total. The van der Waals surface area contributed by atoms with Gasteiger partial charge in [0.05, 0.1) is 11.8 Å². The Hall–Kier alpha value is -2.63. The van der Waals surface area contributed by atoms with E-state index >= 15 is 0 Å². The predicted octanol–water partition coefficient (Wildman–Crippen LogP) is 2.54. The third kappa shape index (κ3) is 3.46. The van der Waals surface area contributed by atoms with Crippen molar-refractivity contribution >= 4 is 23.4 Å².